The molecule has 4 nitrogen and oxygen atoms in total. The molecule has 0 heterocycles. The molecule has 90 valence electrons. The van der Waals surface area contributed by atoms with Crippen molar-refractivity contribution in [1.29, 1.82) is 0 Å². The Hall–Kier alpha value is -1.26. The van der Waals surface area contributed by atoms with Gasteiger partial charge in [-0.2, -0.15) is 0 Å². The SMILES string of the molecule is COc1ccc(OCC(CN)CCO)cc1. The first-order chi connectivity index (χ1) is 7.80. The molecule has 1 unspecified atom stereocenters. The average molecular weight is 225 g/mol. The summed E-state index contributed by atoms with van der Waals surface area (Å²) in [5, 5.41) is 8.81. The fourth-order valence-corrected chi connectivity index (χ4v) is 1.34. The zero-order valence-corrected chi connectivity index (χ0v) is 9.56. The van der Waals surface area contributed by atoms with E-state index in [0.717, 1.165) is 11.5 Å². The van der Waals surface area contributed by atoms with Gasteiger partial charge in [0.05, 0.1) is 13.7 Å². The van der Waals surface area contributed by atoms with Crippen molar-refractivity contribution in [2.45, 2.75) is 6.42 Å². The number of benzene rings is 1. The van der Waals surface area contributed by atoms with Gasteiger partial charge in [-0.15, -0.1) is 0 Å². The molecule has 0 saturated carbocycles. The summed E-state index contributed by atoms with van der Waals surface area (Å²) in [5.74, 6) is 1.79. The second-order valence-electron chi connectivity index (χ2n) is 3.60. The van der Waals surface area contributed by atoms with Gasteiger partial charge < -0.3 is 20.3 Å². The van der Waals surface area contributed by atoms with Gasteiger partial charge in [-0.1, -0.05) is 0 Å². The number of aliphatic hydroxyl groups excluding tert-OH is 1. The summed E-state index contributed by atoms with van der Waals surface area (Å²) in [4.78, 5) is 0. The van der Waals surface area contributed by atoms with Gasteiger partial charge in [0, 0.05) is 12.5 Å². The summed E-state index contributed by atoms with van der Waals surface area (Å²) in [5.41, 5.74) is 5.56. The first kappa shape index (κ1) is 12.8. The van der Waals surface area contributed by atoms with Crippen LogP contribution in [0.15, 0.2) is 24.3 Å². The number of nitrogens with two attached hydrogens (primary N) is 1. The van der Waals surface area contributed by atoms with Crippen LogP contribution in [0.25, 0.3) is 0 Å². The van der Waals surface area contributed by atoms with Gasteiger partial charge >= 0.3 is 0 Å². The molecule has 0 bridgehead atoms. The molecule has 3 N–H and O–H groups in total. The lowest BCUT2D eigenvalue weighted by molar-refractivity contribution is 0.201. The van der Waals surface area contributed by atoms with Gasteiger partial charge in [0.15, 0.2) is 0 Å². The van der Waals surface area contributed by atoms with Crippen LogP contribution >= 0.6 is 0 Å². The van der Waals surface area contributed by atoms with Gasteiger partial charge in [-0.25, -0.2) is 0 Å². The van der Waals surface area contributed by atoms with Gasteiger partial charge in [0.1, 0.15) is 11.5 Å². The molecule has 0 saturated heterocycles. The van der Waals surface area contributed by atoms with E-state index in [1.165, 1.54) is 0 Å². The molecule has 0 amide bonds. The van der Waals surface area contributed by atoms with Crippen LogP contribution in [0.2, 0.25) is 0 Å². The van der Waals surface area contributed by atoms with Crippen LogP contribution in [0.5, 0.6) is 11.5 Å². The summed E-state index contributed by atoms with van der Waals surface area (Å²) in [7, 11) is 1.63. The molecule has 0 spiro atoms. The molecule has 0 aliphatic heterocycles. The highest BCUT2D eigenvalue weighted by Crippen LogP contribution is 2.17. The third-order valence-corrected chi connectivity index (χ3v) is 2.42. The smallest absolute Gasteiger partial charge is 0.119 e. The quantitative estimate of drug-likeness (QED) is 0.727. The first-order valence-corrected chi connectivity index (χ1v) is 5.38. The Balaban J connectivity index is 2.40. The average Bonchev–Trinajstić information content (AvgIpc) is 2.35. The zero-order valence-electron chi connectivity index (χ0n) is 9.56. The van der Waals surface area contributed by atoms with E-state index in [-0.39, 0.29) is 12.5 Å². The largest absolute Gasteiger partial charge is 0.497 e. The van der Waals surface area contributed by atoms with E-state index in [1.807, 2.05) is 24.3 Å². The first-order valence-electron chi connectivity index (χ1n) is 5.38. The summed E-state index contributed by atoms with van der Waals surface area (Å²) in [6.07, 6.45) is 0.673. The van der Waals surface area contributed by atoms with Crippen molar-refractivity contribution in [3.63, 3.8) is 0 Å². The lowest BCUT2D eigenvalue weighted by Gasteiger charge is -2.14. The van der Waals surface area contributed by atoms with Gasteiger partial charge in [-0.3, -0.25) is 0 Å². The van der Waals surface area contributed by atoms with Crippen molar-refractivity contribution in [3.8, 4) is 11.5 Å². The molecule has 16 heavy (non-hydrogen) atoms. The lowest BCUT2D eigenvalue weighted by atomic mass is 10.1. The molecule has 0 aliphatic carbocycles. The van der Waals surface area contributed by atoms with E-state index >= 15 is 0 Å². The fraction of sp³-hybridized carbons (Fsp3) is 0.500. The molecule has 0 aromatic heterocycles. The topological polar surface area (TPSA) is 64.7 Å². The Kier molecular flexibility index (Phi) is 5.67. The van der Waals surface area contributed by atoms with Crippen LogP contribution in [-0.4, -0.2) is 32.0 Å². The number of ether oxygens (including phenoxy) is 2. The highest BCUT2D eigenvalue weighted by Gasteiger charge is 2.06. The van der Waals surface area contributed by atoms with Crippen LogP contribution in [0, 0.1) is 5.92 Å². The van der Waals surface area contributed by atoms with Crippen molar-refractivity contribution >= 4 is 0 Å². The van der Waals surface area contributed by atoms with E-state index in [2.05, 4.69) is 0 Å². The predicted octanol–water partition coefficient (Wildman–Crippen LogP) is 1.03. The lowest BCUT2D eigenvalue weighted by Crippen LogP contribution is -2.22. The molecule has 0 radical (unpaired) electrons. The molecule has 0 aliphatic rings. The number of rotatable bonds is 7. The van der Waals surface area contributed by atoms with Crippen molar-refractivity contribution in [1.82, 2.24) is 0 Å². The van der Waals surface area contributed by atoms with Crippen LogP contribution < -0.4 is 15.2 Å². The van der Waals surface area contributed by atoms with Crippen molar-refractivity contribution in [2.24, 2.45) is 11.7 Å². The number of aliphatic hydroxyl groups is 1. The maximum absolute atomic E-state index is 8.81. The van der Waals surface area contributed by atoms with Gasteiger partial charge in [0.2, 0.25) is 0 Å². The minimum Gasteiger partial charge on any atom is -0.497 e. The predicted molar refractivity (Wildman–Crippen MR) is 62.7 cm³/mol. The van der Waals surface area contributed by atoms with E-state index in [9.17, 15) is 0 Å². The molecule has 1 rings (SSSR count). The molecule has 1 aromatic rings. The van der Waals surface area contributed by atoms with E-state index < -0.39 is 0 Å². The Bertz CT molecular complexity index is 287. The molecular weight excluding hydrogens is 206 g/mol. The van der Waals surface area contributed by atoms with E-state index in [1.54, 1.807) is 7.11 Å². The van der Waals surface area contributed by atoms with E-state index in [0.29, 0.717) is 19.6 Å². The second kappa shape index (κ2) is 7.09. The molecule has 0 fully saturated rings. The van der Waals surface area contributed by atoms with Gasteiger partial charge in [0.25, 0.3) is 0 Å². The van der Waals surface area contributed by atoms with Crippen LogP contribution in [-0.2, 0) is 0 Å². The van der Waals surface area contributed by atoms with Crippen LogP contribution in [0.4, 0.5) is 0 Å². The van der Waals surface area contributed by atoms with Crippen LogP contribution in [0.1, 0.15) is 6.42 Å². The van der Waals surface area contributed by atoms with Crippen molar-refractivity contribution in [3.05, 3.63) is 24.3 Å². The van der Waals surface area contributed by atoms with Crippen molar-refractivity contribution < 1.29 is 14.6 Å². The third kappa shape index (κ3) is 4.08. The zero-order chi connectivity index (χ0) is 11.8. The van der Waals surface area contributed by atoms with Crippen molar-refractivity contribution in [2.75, 3.05) is 26.9 Å². The number of hydrogen-bond acceptors (Lipinski definition) is 4. The minimum absolute atomic E-state index is 0.147. The maximum Gasteiger partial charge on any atom is 0.119 e. The Labute approximate surface area is 96.0 Å². The Morgan fingerprint density at radius 2 is 1.88 bits per heavy atom. The third-order valence-electron chi connectivity index (χ3n) is 2.42. The maximum atomic E-state index is 8.81. The highest BCUT2D eigenvalue weighted by molar-refractivity contribution is 5.31. The minimum atomic E-state index is 0.147. The van der Waals surface area contributed by atoms with Crippen LogP contribution in [0.3, 0.4) is 0 Å². The Morgan fingerprint density at radius 3 is 2.38 bits per heavy atom. The summed E-state index contributed by atoms with van der Waals surface area (Å²) < 4.78 is 10.6. The number of hydrogen-bond donors (Lipinski definition) is 2. The summed E-state index contributed by atoms with van der Waals surface area (Å²) in [6.45, 7) is 1.20. The summed E-state index contributed by atoms with van der Waals surface area (Å²) in [6, 6.07) is 7.40. The monoisotopic (exact) mass is 225 g/mol. The Morgan fingerprint density at radius 1 is 1.25 bits per heavy atom. The summed E-state index contributed by atoms with van der Waals surface area (Å²) >= 11 is 0. The molecular formula is C12H19NO3. The number of methoxy groups -OCH3 is 1. The second-order valence-corrected chi connectivity index (χ2v) is 3.60. The normalized spacial score (nSPS) is 12.2. The van der Waals surface area contributed by atoms with Gasteiger partial charge in [-0.05, 0) is 37.2 Å². The molecule has 4 heteroatoms. The van der Waals surface area contributed by atoms with E-state index in [4.69, 9.17) is 20.3 Å². The standard InChI is InChI=1S/C12H19NO3/c1-15-11-2-4-12(5-3-11)16-9-10(8-13)6-7-14/h2-5,10,14H,6-9,13H2,1H3. The molecule has 1 atom stereocenters. The molecule has 1 aromatic carbocycles. The highest BCUT2D eigenvalue weighted by atomic mass is 16.5. The fourth-order valence-electron chi connectivity index (χ4n) is 1.34.